The van der Waals surface area contributed by atoms with Crippen molar-refractivity contribution in [2.45, 2.75) is 50.9 Å². The van der Waals surface area contributed by atoms with E-state index < -0.39 is 11.6 Å². The fourth-order valence-electron chi connectivity index (χ4n) is 7.22. The van der Waals surface area contributed by atoms with Crippen LogP contribution in [0.15, 0.2) is 51.7 Å². The Morgan fingerprint density at radius 2 is 1.64 bits per heavy atom. The van der Waals surface area contributed by atoms with Crippen LogP contribution >= 0.6 is 0 Å². The van der Waals surface area contributed by atoms with Crippen LogP contribution < -0.4 is 5.63 Å². The molecule has 0 amide bonds. The molecule has 5 heteroatoms. The van der Waals surface area contributed by atoms with E-state index in [2.05, 4.69) is 6.07 Å². The molecule has 0 spiro atoms. The standard InChI is InChI=1S/C28H28O5/c1-2-32-26(30)22-10-21-4-3-20(12-25(21)33-27(22)31)19-5-6-24(29)23(11-19)28-13-16-7-17(14-28)9-18(8-16)15-28/h3-6,10-12,16-18,29H,2,7-9,13-15H2,1H3. The number of benzene rings is 2. The van der Waals surface area contributed by atoms with Gasteiger partial charge in [0.1, 0.15) is 16.9 Å². The molecule has 0 saturated heterocycles. The number of phenols is 1. The van der Waals surface area contributed by atoms with Gasteiger partial charge in [0, 0.05) is 10.9 Å². The van der Waals surface area contributed by atoms with E-state index >= 15 is 0 Å². The molecule has 4 bridgehead atoms. The first-order valence-electron chi connectivity index (χ1n) is 12.0. The topological polar surface area (TPSA) is 76.7 Å². The largest absolute Gasteiger partial charge is 0.508 e. The molecule has 2 aromatic carbocycles. The first-order valence-corrected chi connectivity index (χ1v) is 12.0. The van der Waals surface area contributed by atoms with Crippen molar-refractivity contribution >= 4 is 16.9 Å². The van der Waals surface area contributed by atoms with Gasteiger partial charge in [0.2, 0.25) is 0 Å². The normalized spacial score (nSPS) is 27.7. The maximum Gasteiger partial charge on any atom is 0.351 e. The summed E-state index contributed by atoms with van der Waals surface area (Å²) in [5, 5.41) is 11.5. The van der Waals surface area contributed by atoms with E-state index in [9.17, 15) is 14.7 Å². The zero-order chi connectivity index (χ0) is 22.7. The molecule has 7 rings (SSSR count). The average molecular weight is 445 g/mol. The van der Waals surface area contributed by atoms with Crippen LogP contribution in [-0.2, 0) is 10.2 Å². The highest BCUT2D eigenvalue weighted by molar-refractivity contribution is 5.93. The molecule has 5 nitrogen and oxygen atoms in total. The molecule has 4 aliphatic rings. The van der Waals surface area contributed by atoms with Gasteiger partial charge in [-0.05, 0) is 104 Å². The SMILES string of the molecule is CCOC(=O)c1cc2ccc(-c3ccc(O)c(C45CC6CC(CC(C6)C4)C5)c3)cc2oc1=O. The Morgan fingerprint density at radius 3 is 2.30 bits per heavy atom. The van der Waals surface area contributed by atoms with Crippen LogP contribution in [-0.4, -0.2) is 17.7 Å². The van der Waals surface area contributed by atoms with Gasteiger partial charge in [0.05, 0.1) is 6.61 Å². The number of aromatic hydroxyl groups is 1. The fourth-order valence-corrected chi connectivity index (χ4v) is 7.22. The Labute approximate surface area is 192 Å². The molecular formula is C28H28O5. The van der Waals surface area contributed by atoms with E-state index in [1.807, 2.05) is 30.3 Å². The predicted molar refractivity (Wildman–Crippen MR) is 125 cm³/mol. The van der Waals surface area contributed by atoms with Crippen LogP contribution in [0, 0.1) is 17.8 Å². The zero-order valence-corrected chi connectivity index (χ0v) is 18.8. The van der Waals surface area contributed by atoms with Gasteiger partial charge in [-0.25, -0.2) is 9.59 Å². The highest BCUT2D eigenvalue weighted by atomic mass is 16.5. The monoisotopic (exact) mass is 444 g/mol. The van der Waals surface area contributed by atoms with Gasteiger partial charge in [0.15, 0.2) is 0 Å². The Balaban J connectivity index is 1.39. The van der Waals surface area contributed by atoms with E-state index in [0.29, 0.717) is 16.7 Å². The summed E-state index contributed by atoms with van der Waals surface area (Å²) in [5.74, 6) is 2.11. The Kier molecular flexibility index (Phi) is 4.65. The van der Waals surface area contributed by atoms with E-state index in [4.69, 9.17) is 9.15 Å². The molecule has 0 unspecified atom stereocenters. The van der Waals surface area contributed by atoms with Gasteiger partial charge in [-0.2, -0.15) is 0 Å². The first kappa shape index (κ1) is 20.5. The fraction of sp³-hybridized carbons (Fsp3) is 0.429. The van der Waals surface area contributed by atoms with Gasteiger partial charge >= 0.3 is 11.6 Å². The number of phenolic OH excluding ortho intramolecular Hbond substituents is 1. The van der Waals surface area contributed by atoms with Crippen molar-refractivity contribution in [1.29, 1.82) is 0 Å². The predicted octanol–water partition coefficient (Wildman–Crippen LogP) is 5.81. The quantitative estimate of drug-likeness (QED) is 0.406. The van der Waals surface area contributed by atoms with Crippen molar-refractivity contribution in [2.75, 3.05) is 6.61 Å². The third-order valence-corrected chi connectivity index (χ3v) is 8.17. The van der Waals surface area contributed by atoms with Gasteiger partial charge in [-0.15, -0.1) is 0 Å². The summed E-state index contributed by atoms with van der Waals surface area (Å²) in [5.41, 5.74) is 2.72. The van der Waals surface area contributed by atoms with Crippen molar-refractivity contribution in [1.82, 2.24) is 0 Å². The van der Waals surface area contributed by atoms with Gasteiger partial charge < -0.3 is 14.3 Å². The van der Waals surface area contributed by atoms with Gasteiger partial charge in [0.25, 0.3) is 0 Å². The number of rotatable bonds is 4. The van der Waals surface area contributed by atoms with Crippen molar-refractivity contribution in [3.05, 3.63) is 64.0 Å². The maximum atomic E-state index is 12.4. The van der Waals surface area contributed by atoms with Crippen molar-refractivity contribution in [2.24, 2.45) is 17.8 Å². The molecule has 170 valence electrons. The number of carbonyl (C=O) groups is 1. The molecular weight excluding hydrogens is 416 g/mol. The summed E-state index contributed by atoms with van der Waals surface area (Å²) in [7, 11) is 0. The molecule has 4 saturated carbocycles. The number of hydrogen-bond acceptors (Lipinski definition) is 5. The van der Waals surface area contributed by atoms with Crippen LogP contribution in [0.5, 0.6) is 5.75 Å². The number of carbonyl (C=O) groups excluding carboxylic acids is 1. The van der Waals surface area contributed by atoms with Crippen LogP contribution in [0.1, 0.15) is 61.4 Å². The second-order valence-electron chi connectivity index (χ2n) is 10.4. The lowest BCUT2D eigenvalue weighted by atomic mass is 9.48. The summed E-state index contributed by atoms with van der Waals surface area (Å²) in [6.45, 7) is 1.89. The second-order valence-corrected chi connectivity index (χ2v) is 10.4. The molecule has 0 aliphatic heterocycles. The second kappa shape index (κ2) is 7.47. The highest BCUT2D eigenvalue weighted by Gasteiger charge is 2.52. The maximum absolute atomic E-state index is 12.4. The Morgan fingerprint density at radius 1 is 1.00 bits per heavy atom. The molecule has 0 radical (unpaired) electrons. The Hall–Kier alpha value is -3.08. The van der Waals surface area contributed by atoms with E-state index in [0.717, 1.165) is 34.4 Å². The summed E-state index contributed by atoms with van der Waals surface area (Å²) in [4.78, 5) is 24.4. The minimum Gasteiger partial charge on any atom is -0.508 e. The highest BCUT2D eigenvalue weighted by Crippen LogP contribution is 2.62. The van der Waals surface area contributed by atoms with E-state index in [-0.39, 0.29) is 17.6 Å². The van der Waals surface area contributed by atoms with E-state index in [1.54, 1.807) is 6.92 Å². The number of hydrogen-bond donors (Lipinski definition) is 1. The summed E-state index contributed by atoms with van der Waals surface area (Å²) < 4.78 is 10.4. The minimum absolute atomic E-state index is 0.0901. The molecule has 1 aromatic heterocycles. The van der Waals surface area contributed by atoms with Crippen molar-refractivity contribution < 1.29 is 19.1 Å². The summed E-state index contributed by atoms with van der Waals surface area (Å²) >= 11 is 0. The lowest BCUT2D eigenvalue weighted by molar-refractivity contribution is -0.00611. The van der Waals surface area contributed by atoms with E-state index in [1.165, 1.54) is 44.6 Å². The van der Waals surface area contributed by atoms with Crippen LogP contribution in [0.2, 0.25) is 0 Å². The third-order valence-electron chi connectivity index (χ3n) is 8.17. The number of esters is 1. The smallest absolute Gasteiger partial charge is 0.351 e. The molecule has 4 fully saturated rings. The van der Waals surface area contributed by atoms with Crippen LogP contribution in [0.25, 0.3) is 22.1 Å². The number of fused-ring (bicyclic) bond motifs is 1. The molecule has 3 aromatic rings. The van der Waals surface area contributed by atoms with Crippen molar-refractivity contribution in [3.63, 3.8) is 0 Å². The third kappa shape index (κ3) is 3.36. The van der Waals surface area contributed by atoms with Crippen LogP contribution in [0.3, 0.4) is 0 Å². The molecule has 1 N–H and O–H groups in total. The summed E-state index contributed by atoms with van der Waals surface area (Å²) in [6.07, 6.45) is 7.61. The Bertz CT molecular complexity index is 1280. The minimum atomic E-state index is -0.696. The van der Waals surface area contributed by atoms with Gasteiger partial charge in [-0.3, -0.25) is 0 Å². The average Bonchev–Trinajstić information content (AvgIpc) is 2.77. The molecule has 33 heavy (non-hydrogen) atoms. The van der Waals surface area contributed by atoms with Crippen molar-refractivity contribution in [3.8, 4) is 16.9 Å². The molecule has 1 heterocycles. The zero-order valence-electron chi connectivity index (χ0n) is 18.8. The first-order chi connectivity index (χ1) is 15.9. The number of ether oxygens (including phenoxy) is 1. The van der Waals surface area contributed by atoms with Crippen LogP contribution in [0.4, 0.5) is 0 Å². The molecule has 4 aliphatic carbocycles. The lowest BCUT2D eigenvalue weighted by Gasteiger charge is -2.57. The van der Waals surface area contributed by atoms with Gasteiger partial charge in [-0.1, -0.05) is 18.2 Å². The molecule has 0 atom stereocenters. The lowest BCUT2D eigenvalue weighted by Crippen LogP contribution is -2.48. The summed E-state index contributed by atoms with van der Waals surface area (Å²) in [6, 6.07) is 13.1.